The van der Waals surface area contributed by atoms with E-state index >= 15 is 0 Å². The van der Waals surface area contributed by atoms with Gasteiger partial charge in [0, 0.05) is 13.0 Å². The van der Waals surface area contributed by atoms with Crippen molar-refractivity contribution in [3.63, 3.8) is 0 Å². The molecule has 0 aliphatic carbocycles. The minimum Gasteiger partial charge on any atom is -0.476 e. The average molecular weight is 278 g/mol. The molecule has 2 aromatic rings. The van der Waals surface area contributed by atoms with Gasteiger partial charge in [-0.15, -0.1) is 5.10 Å². The van der Waals surface area contributed by atoms with E-state index in [1.54, 1.807) is 4.68 Å². The number of rotatable bonds is 6. The third-order valence-electron chi connectivity index (χ3n) is 3.02. The molecular formula is C12H18N6O2. The molecule has 108 valence electrons. The van der Waals surface area contributed by atoms with Crippen molar-refractivity contribution in [1.82, 2.24) is 24.8 Å². The van der Waals surface area contributed by atoms with Gasteiger partial charge in [0.05, 0.1) is 23.6 Å². The number of aromatic nitrogens is 5. The normalized spacial score (nSPS) is 10.9. The Bertz CT molecular complexity index is 615. The monoisotopic (exact) mass is 278 g/mol. The Morgan fingerprint density at radius 2 is 2.20 bits per heavy atom. The number of nitrogens with two attached hydrogens (primary N) is 1. The Morgan fingerprint density at radius 1 is 1.45 bits per heavy atom. The minimum atomic E-state index is -1.08. The van der Waals surface area contributed by atoms with Gasteiger partial charge in [-0.05, 0) is 26.5 Å². The van der Waals surface area contributed by atoms with Crippen LogP contribution in [0.25, 0.3) is 0 Å². The van der Waals surface area contributed by atoms with Gasteiger partial charge in [0.1, 0.15) is 0 Å². The Balaban J connectivity index is 2.35. The van der Waals surface area contributed by atoms with Crippen LogP contribution >= 0.6 is 0 Å². The van der Waals surface area contributed by atoms with Gasteiger partial charge >= 0.3 is 5.97 Å². The lowest BCUT2D eigenvalue weighted by molar-refractivity contribution is 0.0689. The summed E-state index contributed by atoms with van der Waals surface area (Å²) < 4.78 is 3.45. The van der Waals surface area contributed by atoms with Crippen LogP contribution in [-0.2, 0) is 19.5 Å². The number of carbonyl (C=O) groups is 1. The molecular weight excluding hydrogens is 260 g/mol. The van der Waals surface area contributed by atoms with Crippen LogP contribution in [0.5, 0.6) is 0 Å². The molecule has 0 saturated heterocycles. The van der Waals surface area contributed by atoms with E-state index in [0.717, 1.165) is 17.9 Å². The molecule has 0 saturated carbocycles. The zero-order valence-electron chi connectivity index (χ0n) is 11.6. The molecule has 0 atom stereocenters. The molecule has 0 amide bonds. The van der Waals surface area contributed by atoms with E-state index in [4.69, 9.17) is 10.8 Å². The van der Waals surface area contributed by atoms with Crippen LogP contribution in [0.15, 0.2) is 6.07 Å². The summed E-state index contributed by atoms with van der Waals surface area (Å²) >= 11 is 0. The zero-order valence-corrected chi connectivity index (χ0v) is 11.6. The number of carboxylic acid groups (broad SMARTS) is 1. The van der Waals surface area contributed by atoms with Crippen molar-refractivity contribution in [1.29, 1.82) is 0 Å². The molecule has 0 aliphatic rings. The third-order valence-corrected chi connectivity index (χ3v) is 3.02. The van der Waals surface area contributed by atoms with Crippen LogP contribution in [0.1, 0.15) is 34.5 Å². The van der Waals surface area contributed by atoms with Crippen LogP contribution in [0.3, 0.4) is 0 Å². The third kappa shape index (κ3) is 2.69. The van der Waals surface area contributed by atoms with Gasteiger partial charge in [-0.3, -0.25) is 4.68 Å². The zero-order chi connectivity index (χ0) is 14.7. The lowest BCUT2D eigenvalue weighted by atomic mass is 10.2. The Hall–Kier alpha value is -2.22. The predicted octanol–water partition coefficient (Wildman–Crippen LogP) is 0.0506. The largest absolute Gasteiger partial charge is 0.476 e. The summed E-state index contributed by atoms with van der Waals surface area (Å²) in [4.78, 5) is 11.1. The molecule has 2 aromatic heterocycles. The molecule has 2 heterocycles. The van der Waals surface area contributed by atoms with Crippen LogP contribution in [-0.4, -0.2) is 42.4 Å². The van der Waals surface area contributed by atoms with E-state index < -0.39 is 5.97 Å². The maximum atomic E-state index is 11.1. The van der Waals surface area contributed by atoms with E-state index in [0.29, 0.717) is 25.2 Å². The quantitative estimate of drug-likeness (QED) is 0.772. The van der Waals surface area contributed by atoms with Crippen molar-refractivity contribution in [3.05, 3.63) is 28.8 Å². The molecule has 0 unspecified atom stereocenters. The summed E-state index contributed by atoms with van der Waals surface area (Å²) in [6, 6.07) is 1.96. The summed E-state index contributed by atoms with van der Waals surface area (Å²) in [6.07, 6.45) is 0.424. The van der Waals surface area contributed by atoms with Gasteiger partial charge in [-0.1, -0.05) is 5.21 Å². The molecule has 0 bridgehead atoms. The molecule has 0 fully saturated rings. The second-order valence-electron chi connectivity index (χ2n) is 4.48. The van der Waals surface area contributed by atoms with E-state index in [-0.39, 0.29) is 5.69 Å². The van der Waals surface area contributed by atoms with Gasteiger partial charge in [0.15, 0.2) is 5.69 Å². The standard InChI is InChI=1S/C12H18N6O2/c1-3-17-9(6-8(2)15-17)7-18-10(4-5-13)11(12(19)20)14-16-18/h6H,3-5,7,13H2,1-2H3,(H,19,20). The van der Waals surface area contributed by atoms with Crippen LogP contribution in [0, 0.1) is 6.92 Å². The van der Waals surface area contributed by atoms with E-state index in [1.807, 2.05) is 24.6 Å². The summed E-state index contributed by atoms with van der Waals surface area (Å²) in [7, 11) is 0. The fourth-order valence-corrected chi connectivity index (χ4v) is 2.16. The number of nitrogens with zero attached hydrogens (tertiary/aromatic N) is 5. The van der Waals surface area contributed by atoms with Gasteiger partial charge in [0.2, 0.25) is 0 Å². The van der Waals surface area contributed by atoms with Gasteiger partial charge < -0.3 is 10.8 Å². The molecule has 0 aromatic carbocycles. The Kier molecular flexibility index (Phi) is 4.14. The first-order chi connectivity index (χ1) is 9.56. The Labute approximate surface area is 116 Å². The Morgan fingerprint density at radius 3 is 2.80 bits per heavy atom. The first-order valence-electron chi connectivity index (χ1n) is 6.45. The number of hydrogen-bond acceptors (Lipinski definition) is 5. The SMILES string of the molecule is CCn1nc(C)cc1Cn1nnc(C(=O)O)c1CCN. The lowest BCUT2D eigenvalue weighted by Crippen LogP contribution is -2.15. The first-order valence-corrected chi connectivity index (χ1v) is 6.45. The average Bonchev–Trinajstić information content (AvgIpc) is 2.95. The lowest BCUT2D eigenvalue weighted by Gasteiger charge is -2.07. The van der Waals surface area contributed by atoms with Crippen molar-refractivity contribution in [3.8, 4) is 0 Å². The van der Waals surface area contributed by atoms with Gasteiger partial charge in [0.25, 0.3) is 0 Å². The number of carboxylic acids is 1. The second-order valence-corrected chi connectivity index (χ2v) is 4.48. The van der Waals surface area contributed by atoms with Crippen molar-refractivity contribution in [2.45, 2.75) is 33.4 Å². The summed E-state index contributed by atoms with van der Waals surface area (Å²) in [5, 5.41) is 21.1. The van der Waals surface area contributed by atoms with Crippen LogP contribution in [0.2, 0.25) is 0 Å². The number of aromatic carboxylic acids is 1. The van der Waals surface area contributed by atoms with Gasteiger partial charge in [-0.25, -0.2) is 9.48 Å². The molecule has 0 radical (unpaired) electrons. The highest BCUT2D eigenvalue weighted by Gasteiger charge is 2.19. The molecule has 8 heteroatoms. The molecule has 0 aliphatic heterocycles. The summed E-state index contributed by atoms with van der Waals surface area (Å²) in [6.45, 7) is 5.45. The predicted molar refractivity (Wildman–Crippen MR) is 71.5 cm³/mol. The maximum Gasteiger partial charge on any atom is 0.358 e. The van der Waals surface area contributed by atoms with Gasteiger partial charge in [-0.2, -0.15) is 5.10 Å². The van der Waals surface area contributed by atoms with E-state index in [1.165, 1.54) is 0 Å². The molecule has 3 N–H and O–H groups in total. The van der Waals surface area contributed by atoms with Crippen molar-refractivity contribution in [2.75, 3.05) is 6.54 Å². The fraction of sp³-hybridized carbons (Fsp3) is 0.500. The molecule has 0 spiro atoms. The van der Waals surface area contributed by atoms with E-state index in [2.05, 4.69) is 15.4 Å². The van der Waals surface area contributed by atoms with Crippen molar-refractivity contribution >= 4 is 5.97 Å². The maximum absolute atomic E-state index is 11.1. The minimum absolute atomic E-state index is 0.0327. The highest BCUT2D eigenvalue weighted by molar-refractivity contribution is 5.86. The topological polar surface area (TPSA) is 112 Å². The smallest absolute Gasteiger partial charge is 0.358 e. The molecule has 8 nitrogen and oxygen atoms in total. The highest BCUT2D eigenvalue weighted by atomic mass is 16.4. The number of aryl methyl sites for hydroxylation is 2. The number of hydrogen-bond donors (Lipinski definition) is 2. The summed E-state index contributed by atoms with van der Waals surface area (Å²) in [5.74, 6) is -1.08. The van der Waals surface area contributed by atoms with Crippen LogP contribution < -0.4 is 5.73 Å². The van der Waals surface area contributed by atoms with Crippen molar-refractivity contribution in [2.24, 2.45) is 5.73 Å². The molecule has 2 rings (SSSR count). The van der Waals surface area contributed by atoms with Crippen LogP contribution in [0.4, 0.5) is 0 Å². The first kappa shape index (κ1) is 14.2. The van der Waals surface area contributed by atoms with Crippen molar-refractivity contribution < 1.29 is 9.90 Å². The van der Waals surface area contributed by atoms with E-state index in [9.17, 15) is 4.79 Å². The highest BCUT2D eigenvalue weighted by Crippen LogP contribution is 2.11. The second kappa shape index (κ2) is 5.83. The summed E-state index contributed by atoms with van der Waals surface area (Å²) in [5.41, 5.74) is 7.92. The molecule has 20 heavy (non-hydrogen) atoms. The fourth-order valence-electron chi connectivity index (χ4n) is 2.16.